The van der Waals surface area contributed by atoms with Gasteiger partial charge in [-0.2, -0.15) is 0 Å². The maximum atomic E-state index is 13.0. The quantitative estimate of drug-likeness (QED) is 0.311. The van der Waals surface area contributed by atoms with Gasteiger partial charge in [0.1, 0.15) is 0 Å². The van der Waals surface area contributed by atoms with Crippen LogP contribution in [0.4, 0.5) is 0 Å². The molecule has 0 bridgehead atoms. The fourth-order valence-electron chi connectivity index (χ4n) is 4.39. The Morgan fingerprint density at radius 3 is 2.62 bits per heavy atom. The number of allylic oxidation sites excluding steroid dienone is 3. The van der Waals surface area contributed by atoms with Crippen LogP contribution in [0.25, 0.3) is 0 Å². The first kappa shape index (κ1) is 26.0. The fourth-order valence-corrected chi connectivity index (χ4v) is 4.60. The Hall–Kier alpha value is -2.60. The summed E-state index contributed by atoms with van der Waals surface area (Å²) in [5, 5.41) is 4.85. The Morgan fingerprint density at radius 2 is 1.85 bits per heavy atom. The number of fused-ring (bicyclic) bond motifs is 1. The fraction of sp³-hybridized carbons (Fsp3) is 0.519. The molecule has 0 aromatic heterocycles. The zero-order valence-electron chi connectivity index (χ0n) is 20.5. The number of hydrogen-bond donors (Lipinski definition) is 0. The van der Waals surface area contributed by atoms with Crippen molar-refractivity contribution in [1.29, 1.82) is 0 Å². The van der Waals surface area contributed by atoms with Crippen molar-refractivity contribution >= 4 is 29.2 Å². The molecule has 1 fully saturated rings. The van der Waals surface area contributed by atoms with E-state index in [0.29, 0.717) is 41.3 Å². The highest BCUT2D eigenvalue weighted by molar-refractivity contribution is 6.33. The highest BCUT2D eigenvalue weighted by atomic mass is 35.5. The van der Waals surface area contributed by atoms with E-state index in [0.717, 1.165) is 61.9 Å². The highest BCUT2D eigenvalue weighted by Gasteiger charge is 2.22. The molecule has 2 heterocycles. The van der Waals surface area contributed by atoms with E-state index in [-0.39, 0.29) is 18.5 Å². The minimum absolute atomic E-state index is 0.0514. The van der Waals surface area contributed by atoms with Gasteiger partial charge in [-0.15, -0.1) is 0 Å². The number of oxime groups is 1. The molecule has 34 heavy (non-hydrogen) atoms. The molecule has 184 valence electrons. The van der Waals surface area contributed by atoms with E-state index >= 15 is 0 Å². The van der Waals surface area contributed by atoms with Crippen LogP contribution in [0.2, 0.25) is 5.02 Å². The van der Waals surface area contributed by atoms with Gasteiger partial charge in [0.15, 0.2) is 6.61 Å². The third kappa shape index (κ3) is 7.20. The second-order valence-corrected chi connectivity index (χ2v) is 9.46. The first-order valence-electron chi connectivity index (χ1n) is 12.1. The molecule has 2 aliphatic heterocycles. The summed E-state index contributed by atoms with van der Waals surface area (Å²) in [5.41, 5.74) is 4.59. The van der Waals surface area contributed by atoms with E-state index in [1.54, 1.807) is 0 Å². The number of carbonyl (C=O) groups is 2. The molecular formula is C27H35ClN2O4. The third-order valence-electron chi connectivity index (χ3n) is 6.18. The van der Waals surface area contributed by atoms with Crippen molar-refractivity contribution in [3.05, 3.63) is 57.1 Å². The molecule has 0 atom stereocenters. The molecule has 0 saturated carbocycles. The Balaban J connectivity index is 1.91. The van der Waals surface area contributed by atoms with Gasteiger partial charge in [0.05, 0.1) is 17.9 Å². The van der Waals surface area contributed by atoms with Crippen LogP contribution in [0, 0.1) is 13.8 Å². The van der Waals surface area contributed by atoms with E-state index in [1.165, 1.54) is 0 Å². The number of likely N-dealkylation sites (tertiary alicyclic amines) is 1. The summed E-state index contributed by atoms with van der Waals surface area (Å²) in [6.45, 7) is 7.61. The Kier molecular flexibility index (Phi) is 9.75. The summed E-state index contributed by atoms with van der Waals surface area (Å²) < 4.78 is 5.54. The molecule has 2 aliphatic rings. The lowest BCUT2D eigenvalue weighted by Gasteiger charge is -2.26. The zero-order valence-corrected chi connectivity index (χ0v) is 21.2. The number of aryl methyl sites for hydroxylation is 2. The molecule has 0 spiro atoms. The van der Waals surface area contributed by atoms with Gasteiger partial charge in [0.2, 0.25) is 0 Å². The van der Waals surface area contributed by atoms with Crippen molar-refractivity contribution in [2.75, 3.05) is 26.3 Å². The second-order valence-electron chi connectivity index (χ2n) is 9.08. The maximum absolute atomic E-state index is 13.0. The Morgan fingerprint density at radius 1 is 1.12 bits per heavy atom. The number of benzene rings is 1. The number of hydrogen-bond acceptors (Lipinski definition) is 5. The maximum Gasteiger partial charge on any atom is 0.338 e. The molecule has 1 amide bonds. The summed E-state index contributed by atoms with van der Waals surface area (Å²) in [4.78, 5) is 32.8. The van der Waals surface area contributed by atoms with Crippen molar-refractivity contribution < 1.29 is 19.2 Å². The number of piperidine rings is 1. The van der Waals surface area contributed by atoms with Crippen molar-refractivity contribution in [3.8, 4) is 0 Å². The lowest BCUT2D eigenvalue weighted by Crippen LogP contribution is -2.37. The number of halogens is 1. The molecule has 1 aromatic carbocycles. The standard InChI is InChI=1S/C27H35ClN2O4/c1-19-11-7-4-5-10-14-33-27(32)25-20(2)16-21(3)26(28)23(25)17-22(15-19)29-34-18-24(31)30-12-8-6-9-13-30/h4-5,15-16H,6-14,17-18H2,1-3H3/b5-4+,19-15+,29-22+. The molecule has 0 aliphatic carbocycles. The lowest BCUT2D eigenvalue weighted by atomic mass is 9.94. The molecule has 0 unspecified atom stereocenters. The average molecular weight is 487 g/mol. The summed E-state index contributed by atoms with van der Waals surface area (Å²) in [6.07, 6.45) is 12.0. The van der Waals surface area contributed by atoms with Crippen LogP contribution in [0.3, 0.4) is 0 Å². The first-order valence-corrected chi connectivity index (χ1v) is 12.5. The minimum atomic E-state index is -0.388. The Bertz CT molecular complexity index is 991. The summed E-state index contributed by atoms with van der Waals surface area (Å²) in [7, 11) is 0. The van der Waals surface area contributed by atoms with Gasteiger partial charge in [0, 0.05) is 24.5 Å². The highest BCUT2D eigenvalue weighted by Crippen LogP contribution is 2.29. The van der Waals surface area contributed by atoms with Gasteiger partial charge in [-0.05, 0) is 82.1 Å². The number of rotatable bonds is 3. The van der Waals surface area contributed by atoms with E-state index in [4.69, 9.17) is 21.2 Å². The van der Waals surface area contributed by atoms with Gasteiger partial charge >= 0.3 is 5.97 Å². The number of cyclic esters (lactones) is 1. The normalized spacial score (nSPS) is 21.6. The summed E-state index contributed by atoms with van der Waals surface area (Å²) in [5.74, 6) is -0.439. The SMILES string of the molecule is C/C1=C\C(=N/OCC(=O)N2CCCCC2)Cc2c(Cl)c(C)cc(C)c2C(=O)OCC/C=C/CC1. The molecule has 1 aromatic rings. The molecule has 6 nitrogen and oxygen atoms in total. The lowest BCUT2D eigenvalue weighted by molar-refractivity contribution is -0.137. The van der Waals surface area contributed by atoms with Gasteiger partial charge in [0.25, 0.3) is 5.91 Å². The zero-order chi connectivity index (χ0) is 24.5. The molecule has 1 saturated heterocycles. The van der Waals surface area contributed by atoms with Crippen LogP contribution in [-0.2, 0) is 20.8 Å². The summed E-state index contributed by atoms with van der Waals surface area (Å²) >= 11 is 6.69. The van der Waals surface area contributed by atoms with Crippen LogP contribution in [-0.4, -0.2) is 48.8 Å². The monoisotopic (exact) mass is 486 g/mol. The topological polar surface area (TPSA) is 68.2 Å². The smallest absolute Gasteiger partial charge is 0.338 e. The molecule has 0 radical (unpaired) electrons. The van der Waals surface area contributed by atoms with Crippen molar-refractivity contribution in [3.63, 3.8) is 0 Å². The average Bonchev–Trinajstić information content (AvgIpc) is 2.81. The van der Waals surface area contributed by atoms with E-state index in [1.807, 2.05) is 43.9 Å². The number of ether oxygens (including phenoxy) is 1. The molecular weight excluding hydrogens is 452 g/mol. The van der Waals surface area contributed by atoms with Crippen molar-refractivity contribution in [1.82, 2.24) is 4.90 Å². The van der Waals surface area contributed by atoms with Gasteiger partial charge in [-0.1, -0.05) is 40.5 Å². The summed E-state index contributed by atoms with van der Waals surface area (Å²) in [6, 6.07) is 1.90. The molecule has 0 N–H and O–H groups in total. The predicted molar refractivity (Wildman–Crippen MR) is 135 cm³/mol. The van der Waals surface area contributed by atoms with E-state index < -0.39 is 0 Å². The third-order valence-corrected chi connectivity index (χ3v) is 6.71. The Labute approximate surface area is 207 Å². The van der Waals surface area contributed by atoms with Crippen LogP contribution < -0.4 is 0 Å². The van der Waals surface area contributed by atoms with Crippen LogP contribution >= 0.6 is 11.6 Å². The number of carbonyl (C=O) groups excluding carboxylic acids is 2. The second kappa shape index (κ2) is 12.7. The van der Waals surface area contributed by atoms with E-state index in [9.17, 15) is 9.59 Å². The number of amides is 1. The van der Waals surface area contributed by atoms with Crippen molar-refractivity contribution in [2.24, 2.45) is 5.16 Å². The van der Waals surface area contributed by atoms with Gasteiger partial charge in [-0.3, -0.25) is 4.79 Å². The number of nitrogens with zero attached hydrogens (tertiary/aromatic N) is 2. The van der Waals surface area contributed by atoms with Crippen LogP contribution in [0.5, 0.6) is 0 Å². The van der Waals surface area contributed by atoms with Gasteiger partial charge in [-0.25, -0.2) is 4.79 Å². The number of esters is 1. The molecule has 3 rings (SSSR count). The van der Waals surface area contributed by atoms with E-state index in [2.05, 4.69) is 11.2 Å². The van der Waals surface area contributed by atoms with Gasteiger partial charge < -0.3 is 14.5 Å². The largest absolute Gasteiger partial charge is 0.462 e. The first-order chi connectivity index (χ1) is 16.4. The minimum Gasteiger partial charge on any atom is -0.462 e. The molecule has 7 heteroatoms. The van der Waals surface area contributed by atoms with Crippen LogP contribution in [0.1, 0.15) is 72.5 Å². The van der Waals surface area contributed by atoms with Crippen molar-refractivity contribution in [2.45, 2.75) is 65.7 Å². The van der Waals surface area contributed by atoms with Crippen LogP contribution in [0.15, 0.2) is 35.0 Å². The predicted octanol–water partition coefficient (Wildman–Crippen LogP) is 5.73.